The third-order valence-electron chi connectivity index (χ3n) is 4.32. The van der Waals surface area contributed by atoms with Gasteiger partial charge in [-0.05, 0) is 37.3 Å². The quantitative estimate of drug-likeness (QED) is 0.172. The fourth-order valence-electron chi connectivity index (χ4n) is 2.81. The molecule has 2 rings (SSSR count). The molecule has 2 aromatic rings. The van der Waals surface area contributed by atoms with Gasteiger partial charge in [-0.15, -0.1) is 0 Å². The van der Waals surface area contributed by atoms with Crippen LogP contribution in [0, 0.1) is 28.9 Å². The minimum atomic E-state index is -0.403. The van der Waals surface area contributed by atoms with Crippen LogP contribution in [0.4, 0.5) is 5.69 Å². The first-order chi connectivity index (χ1) is 16.6. The second-order valence-electron chi connectivity index (χ2n) is 8.16. The summed E-state index contributed by atoms with van der Waals surface area (Å²) in [6.45, 7) is 8.51. The van der Waals surface area contributed by atoms with Crippen LogP contribution in [0.1, 0.15) is 44.9 Å². The van der Waals surface area contributed by atoms with E-state index in [1.807, 2.05) is 26.0 Å². The van der Waals surface area contributed by atoms with E-state index in [4.69, 9.17) is 5.21 Å². The topological polar surface area (TPSA) is 164 Å². The molecule has 0 spiro atoms. The number of nitrogens with zero attached hydrogens (tertiary/aromatic N) is 2. The molecular weight excluding hydrogens is 454 g/mol. The summed E-state index contributed by atoms with van der Waals surface area (Å²) in [7, 11) is 0. The summed E-state index contributed by atoms with van der Waals surface area (Å²) in [6.07, 6.45) is 3.58. The first kappa shape index (κ1) is 31.1. The van der Waals surface area contributed by atoms with Crippen LogP contribution in [0.2, 0.25) is 0 Å². The number of carbonyl (C=O) groups is 3. The van der Waals surface area contributed by atoms with Crippen molar-refractivity contribution in [1.82, 2.24) is 21.1 Å². The number of hydrogen-bond acceptors (Lipinski definition) is 7. The predicted octanol–water partition coefficient (Wildman–Crippen LogP) is 2.91. The Balaban J connectivity index is 0.000000504. The number of hydroxylamine groups is 1. The van der Waals surface area contributed by atoms with E-state index < -0.39 is 4.92 Å². The van der Waals surface area contributed by atoms with Gasteiger partial charge in [0, 0.05) is 24.8 Å². The van der Waals surface area contributed by atoms with E-state index in [0.717, 1.165) is 17.7 Å². The third kappa shape index (κ3) is 17.3. The normalized spacial score (nSPS) is 10.5. The van der Waals surface area contributed by atoms with Crippen LogP contribution in [-0.4, -0.2) is 39.9 Å². The third-order valence-corrected chi connectivity index (χ3v) is 4.32. The number of aryl methyl sites for hydroxylation is 1. The average molecular weight is 490 g/mol. The van der Waals surface area contributed by atoms with Crippen molar-refractivity contribution in [2.45, 2.75) is 47.1 Å². The Morgan fingerprint density at radius 2 is 1.77 bits per heavy atom. The van der Waals surface area contributed by atoms with E-state index in [1.165, 1.54) is 12.1 Å². The molecule has 4 N–H and O–H groups in total. The van der Waals surface area contributed by atoms with Crippen LogP contribution in [0.15, 0.2) is 48.7 Å². The molecule has 11 heteroatoms. The highest BCUT2D eigenvalue weighted by Gasteiger charge is 2.09. The highest BCUT2D eigenvalue weighted by Crippen LogP contribution is 2.13. The number of aromatic nitrogens is 1. The lowest BCUT2D eigenvalue weighted by molar-refractivity contribution is -0.384. The lowest BCUT2D eigenvalue weighted by Crippen LogP contribution is -2.32. The van der Waals surface area contributed by atoms with Gasteiger partial charge in [0.1, 0.15) is 0 Å². The van der Waals surface area contributed by atoms with Crippen molar-refractivity contribution in [2.75, 3.05) is 6.54 Å². The van der Waals surface area contributed by atoms with E-state index in [1.54, 1.807) is 29.9 Å². The summed E-state index contributed by atoms with van der Waals surface area (Å²) in [6, 6.07) is 11.9. The summed E-state index contributed by atoms with van der Waals surface area (Å²) in [5.41, 5.74) is 3.59. The van der Waals surface area contributed by atoms with Gasteiger partial charge in [0.25, 0.3) is 5.69 Å². The van der Waals surface area contributed by atoms with E-state index in [9.17, 15) is 24.5 Å². The lowest BCUT2D eigenvalue weighted by atomic mass is 9.96. The number of pyridine rings is 1. The van der Waals surface area contributed by atoms with Crippen molar-refractivity contribution in [3.63, 3.8) is 0 Å². The van der Waals surface area contributed by atoms with Gasteiger partial charge >= 0.3 is 0 Å². The molecule has 0 aliphatic heterocycles. The zero-order valence-corrected chi connectivity index (χ0v) is 20.6. The van der Waals surface area contributed by atoms with Gasteiger partial charge in [-0.3, -0.25) is 34.7 Å². The number of carbonyl (C=O) groups excluding carboxylic acids is 3. The zero-order chi connectivity index (χ0) is 26.6. The van der Waals surface area contributed by atoms with Crippen LogP contribution >= 0.6 is 0 Å². The van der Waals surface area contributed by atoms with Gasteiger partial charge in [-0.2, -0.15) is 0 Å². The standard InChI is InChI=1S/C9H11N3O2.C8H17NO2.C7H7NO2/c13-7-10-6-9(14)12-5-8-3-1-2-4-11-8;1-6(2)4-7(3)5-8(10)9-11;1-6-2-4-7(5-3-6)8(9)10/h1-4,7H,5-6H2,(H,10,13)(H,12,14);6-7,11H,4-5H2,1-3H3,(H,9,10);2-5H,1H3. The molecule has 0 saturated carbocycles. The van der Waals surface area contributed by atoms with Gasteiger partial charge < -0.3 is 10.6 Å². The molecule has 1 unspecified atom stereocenters. The molecule has 35 heavy (non-hydrogen) atoms. The van der Waals surface area contributed by atoms with Crippen molar-refractivity contribution in [1.29, 1.82) is 0 Å². The minimum Gasteiger partial charge on any atom is -0.350 e. The summed E-state index contributed by atoms with van der Waals surface area (Å²) in [5.74, 6) is 0.430. The number of rotatable bonds is 10. The van der Waals surface area contributed by atoms with Gasteiger partial charge in [0.2, 0.25) is 18.2 Å². The minimum absolute atomic E-state index is 0.00364. The summed E-state index contributed by atoms with van der Waals surface area (Å²) in [5, 5.41) is 23.2. The number of nitrogens with one attached hydrogen (secondary N) is 3. The molecule has 0 aliphatic rings. The van der Waals surface area contributed by atoms with E-state index >= 15 is 0 Å². The molecule has 0 aliphatic carbocycles. The van der Waals surface area contributed by atoms with Crippen LogP contribution in [-0.2, 0) is 20.9 Å². The molecular formula is C24H35N5O6. The maximum Gasteiger partial charge on any atom is 0.269 e. The molecule has 0 fully saturated rings. The Morgan fingerprint density at radius 1 is 1.11 bits per heavy atom. The fraction of sp³-hybridized carbons (Fsp3) is 0.417. The molecule has 1 aromatic carbocycles. The largest absolute Gasteiger partial charge is 0.350 e. The van der Waals surface area contributed by atoms with Crippen LogP contribution in [0.5, 0.6) is 0 Å². The second kappa shape index (κ2) is 18.6. The van der Waals surface area contributed by atoms with Gasteiger partial charge in [0.15, 0.2) is 0 Å². The summed E-state index contributed by atoms with van der Waals surface area (Å²) >= 11 is 0. The van der Waals surface area contributed by atoms with Gasteiger partial charge in [-0.25, -0.2) is 5.48 Å². The highest BCUT2D eigenvalue weighted by molar-refractivity contribution is 5.79. The van der Waals surface area contributed by atoms with Crippen LogP contribution in [0.3, 0.4) is 0 Å². The Kier molecular flexibility index (Phi) is 16.5. The molecule has 1 atom stereocenters. The van der Waals surface area contributed by atoms with Crippen molar-refractivity contribution in [3.05, 3.63) is 70.0 Å². The summed E-state index contributed by atoms with van der Waals surface area (Å²) < 4.78 is 0. The fourth-order valence-corrected chi connectivity index (χ4v) is 2.81. The van der Waals surface area contributed by atoms with Gasteiger partial charge in [-0.1, -0.05) is 44.5 Å². The zero-order valence-electron chi connectivity index (χ0n) is 20.6. The van der Waals surface area contributed by atoms with Crippen molar-refractivity contribution >= 4 is 23.9 Å². The summed E-state index contributed by atoms with van der Waals surface area (Å²) in [4.78, 5) is 45.3. The molecule has 11 nitrogen and oxygen atoms in total. The number of non-ortho nitro benzene ring substituents is 1. The lowest BCUT2D eigenvalue weighted by Gasteiger charge is -2.11. The Morgan fingerprint density at radius 3 is 2.26 bits per heavy atom. The maximum absolute atomic E-state index is 11.0. The van der Waals surface area contributed by atoms with Gasteiger partial charge in [0.05, 0.1) is 23.7 Å². The molecule has 192 valence electrons. The average Bonchev–Trinajstić information content (AvgIpc) is 2.82. The van der Waals surface area contributed by atoms with Crippen LogP contribution in [0.25, 0.3) is 0 Å². The van der Waals surface area contributed by atoms with Crippen molar-refractivity contribution in [3.8, 4) is 0 Å². The number of hydrogen-bond donors (Lipinski definition) is 4. The Bertz CT molecular complexity index is 891. The number of amides is 3. The molecule has 0 saturated heterocycles. The Hall–Kier alpha value is -3.86. The molecule has 0 bridgehead atoms. The molecule has 1 aromatic heterocycles. The first-order valence-corrected chi connectivity index (χ1v) is 11.1. The van der Waals surface area contributed by atoms with E-state index in [0.29, 0.717) is 31.2 Å². The van der Waals surface area contributed by atoms with Crippen LogP contribution < -0.4 is 16.1 Å². The monoisotopic (exact) mass is 489 g/mol. The van der Waals surface area contributed by atoms with E-state index in [2.05, 4.69) is 29.5 Å². The van der Waals surface area contributed by atoms with Crippen molar-refractivity contribution < 1.29 is 24.5 Å². The number of nitro benzene ring substituents is 1. The molecule has 3 amide bonds. The molecule has 1 heterocycles. The Labute approximate surface area is 205 Å². The number of nitro groups is 1. The highest BCUT2D eigenvalue weighted by atomic mass is 16.6. The SMILES string of the molecule is CC(C)CC(C)CC(=O)NO.Cc1ccc([N+](=O)[O-])cc1.O=CNCC(=O)NCc1ccccn1. The second-order valence-corrected chi connectivity index (χ2v) is 8.16. The maximum atomic E-state index is 11.0. The van der Waals surface area contributed by atoms with E-state index in [-0.39, 0.29) is 24.0 Å². The smallest absolute Gasteiger partial charge is 0.269 e. The first-order valence-electron chi connectivity index (χ1n) is 11.1. The molecule has 0 radical (unpaired) electrons. The number of benzene rings is 1. The predicted molar refractivity (Wildman–Crippen MR) is 131 cm³/mol. The van der Waals surface area contributed by atoms with Crippen molar-refractivity contribution in [2.24, 2.45) is 11.8 Å².